The van der Waals surface area contributed by atoms with Crippen molar-refractivity contribution in [1.29, 1.82) is 0 Å². The maximum Gasteiger partial charge on any atom is 0.259 e. The SMILES string of the molecule is O=c1[nH]c(CSc2ccc3ccccc3n2)nc2sc3c(c12)CCC3. The molecule has 0 atom stereocenters. The van der Waals surface area contributed by atoms with Crippen molar-refractivity contribution >= 4 is 44.2 Å². The van der Waals surface area contributed by atoms with E-state index in [1.54, 1.807) is 23.1 Å². The molecule has 0 unspecified atom stereocenters. The third-order valence-electron chi connectivity index (χ3n) is 4.55. The topological polar surface area (TPSA) is 58.6 Å². The van der Waals surface area contributed by atoms with Crippen molar-refractivity contribution in [2.45, 2.75) is 30.0 Å². The van der Waals surface area contributed by atoms with E-state index in [4.69, 9.17) is 4.98 Å². The second kappa shape index (κ2) is 5.97. The number of nitrogens with zero attached hydrogens (tertiary/aromatic N) is 2. The number of para-hydroxylation sites is 1. The van der Waals surface area contributed by atoms with Gasteiger partial charge < -0.3 is 4.98 Å². The Balaban J connectivity index is 1.44. The molecule has 124 valence electrons. The van der Waals surface area contributed by atoms with Crippen molar-refractivity contribution in [3.8, 4) is 0 Å². The van der Waals surface area contributed by atoms with Gasteiger partial charge in [-0.2, -0.15) is 0 Å². The smallest absolute Gasteiger partial charge is 0.259 e. The van der Waals surface area contributed by atoms with Crippen LogP contribution in [-0.2, 0) is 18.6 Å². The van der Waals surface area contributed by atoms with Crippen LogP contribution < -0.4 is 5.56 Å². The number of H-pyrrole nitrogens is 1. The molecule has 0 spiro atoms. The normalized spacial score (nSPS) is 13.6. The van der Waals surface area contributed by atoms with Gasteiger partial charge in [0.1, 0.15) is 10.7 Å². The van der Waals surface area contributed by atoms with Crippen LogP contribution in [0.2, 0.25) is 0 Å². The largest absolute Gasteiger partial charge is 0.309 e. The van der Waals surface area contributed by atoms with E-state index in [1.807, 2.05) is 24.3 Å². The Hall–Kier alpha value is -2.18. The number of aryl methyl sites for hydroxylation is 2. The van der Waals surface area contributed by atoms with Crippen LogP contribution in [0.1, 0.15) is 22.7 Å². The van der Waals surface area contributed by atoms with Crippen LogP contribution in [0.3, 0.4) is 0 Å². The lowest BCUT2D eigenvalue weighted by atomic mass is 10.2. The van der Waals surface area contributed by atoms with Crippen molar-refractivity contribution in [3.05, 3.63) is 63.0 Å². The Morgan fingerprint density at radius 1 is 1.12 bits per heavy atom. The molecule has 3 aromatic heterocycles. The van der Waals surface area contributed by atoms with Gasteiger partial charge in [0.25, 0.3) is 5.56 Å². The molecule has 0 saturated carbocycles. The number of nitrogens with one attached hydrogen (secondary N) is 1. The van der Waals surface area contributed by atoms with Gasteiger partial charge >= 0.3 is 0 Å². The van der Waals surface area contributed by atoms with Crippen LogP contribution in [0.25, 0.3) is 21.1 Å². The number of aromatic nitrogens is 3. The summed E-state index contributed by atoms with van der Waals surface area (Å²) in [7, 11) is 0. The van der Waals surface area contributed by atoms with Crippen molar-refractivity contribution < 1.29 is 0 Å². The van der Waals surface area contributed by atoms with Gasteiger partial charge in [-0.25, -0.2) is 9.97 Å². The second-order valence-corrected chi connectivity index (χ2v) is 8.26. The molecule has 0 fully saturated rings. The minimum Gasteiger partial charge on any atom is -0.309 e. The van der Waals surface area contributed by atoms with Crippen molar-refractivity contribution in [2.75, 3.05) is 0 Å². The fourth-order valence-electron chi connectivity index (χ4n) is 3.39. The molecule has 0 bridgehead atoms. The van der Waals surface area contributed by atoms with Gasteiger partial charge in [-0.05, 0) is 37.0 Å². The highest BCUT2D eigenvalue weighted by atomic mass is 32.2. The molecule has 1 aliphatic rings. The summed E-state index contributed by atoms with van der Waals surface area (Å²) in [6.45, 7) is 0. The molecule has 4 nitrogen and oxygen atoms in total. The van der Waals surface area contributed by atoms with Gasteiger partial charge in [-0.1, -0.05) is 36.0 Å². The van der Waals surface area contributed by atoms with E-state index in [2.05, 4.69) is 22.1 Å². The first-order valence-electron chi connectivity index (χ1n) is 8.30. The minimum atomic E-state index is 0.00599. The zero-order chi connectivity index (χ0) is 16.8. The molecule has 25 heavy (non-hydrogen) atoms. The summed E-state index contributed by atoms with van der Waals surface area (Å²) in [6.07, 6.45) is 3.25. The highest BCUT2D eigenvalue weighted by Gasteiger charge is 2.21. The van der Waals surface area contributed by atoms with E-state index >= 15 is 0 Å². The number of hydrogen-bond donors (Lipinski definition) is 1. The lowest BCUT2D eigenvalue weighted by Crippen LogP contribution is -2.11. The van der Waals surface area contributed by atoms with E-state index in [0.29, 0.717) is 5.75 Å². The van der Waals surface area contributed by atoms with Crippen LogP contribution in [-0.4, -0.2) is 15.0 Å². The molecule has 1 N–H and O–H groups in total. The van der Waals surface area contributed by atoms with Crippen LogP contribution in [0.5, 0.6) is 0 Å². The van der Waals surface area contributed by atoms with Gasteiger partial charge in [0.15, 0.2) is 0 Å². The zero-order valence-corrected chi connectivity index (χ0v) is 15.0. The number of fused-ring (bicyclic) bond motifs is 4. The van der Waals surface area contributed by atoms with Gasteiger partial charge in [0, 0.05) is 10.3 Å². The van der Waals surface area contributed by atoms with Crippen LogP contribution in [0.4, 0.5) is 0 Å². The second-order valence-electron chi connectivity index (χ2n) is 6.18. The third-order valence-corrected chi connectivity index (χ3v) is 6.68. The Labute approximate surface area is 152 Å². The van der Waals surface area contributed by atoms with E-state index in [1.165, 1.54) is 10.4 Å². The molecular weight excluding hydrogens is 350 g/mol. The molecule has 0 saturated heterocycles. The molecular formula is C19H15N3OS2. The fourth-order valence-corrected chi connectivity index (χ4v) is 5.41. The number of thioether (sulfide) groups is 1. The highest BCUT2D eigenvalue weighted by Crippen LogP contribution is 2.34. The number of thiophene rings is 1. The fraction of sp³-hybridized carbons (Fsp3) is 0.211. The number of pyridine rings is 1. The Kier molecular flexibility index (Phi) is 3.60. The van der Waals surface area contributed by atoms with Crippen LogP contribution >= 0.6 is 23.1 Å². The van der Waals surface area contributed by atoms with E-state index in [9.17, 15) is 4.79 Å². The molecule has 1 aromatic carbocycles. The van der Waals surface area contributed by atoms with Gasteiger partial charge in [0.05, 0.1) is 21.7 Å². The first-order valence-corrected chi connectivity index (χ1v) is 10.1. The predicted octanol–water partition coefficient (Wildman–Crippen LogP) is 4.31. The summed E-state index contributed by atoms with van der Waals surface area (Å²) < 4.78 is 0. The molecule has 6 heteroatoms. The maximum absolute atomic E-state index is 12.5. The summed E-state index contributed by atoms with van der Waals surface area (Å²) in [5.74, 6) is 1.33. The van der Waals surface area contributed by atoms with Crippen molar-refractivity contribution in [2.24, 2.45) is 0 Å². The minimum absolute atomic E-state index is 0.00599. The molecule has 3 heterocycles. The van der Waals surface area contributed by atoms with E-state index in [0.717, 1.165) is 51.2 Å². The van der Waals surface area contributed by atoms with E-state index < -0.39 is 0 Å². The molecule has 0 radical (unpaired) electrons. The van der Waals surface area contributed by atoms with Gasteiger partial charge in [0.2, 0.25) is 0 Å². The van der Waals surface area contributed by atoms with Crippen molar-refractivity contribution in [1.82, 2.24) is 15.0 Å². The Bertz CT molecular complexity index is 1160. The molecule has 5 rings (SSSR count). The average molecular weight is 365 g/mol. The number of benzene rings is 1. The summed E-state index contributed by atoms with van der Waals surface area (Å²) in [5.41, 5.74) is 2.22. The molecule has 1 aliphatic carbocycles. The quantitative estimate of drug-likeness (QED) is 0.550. The average Bonchev–Trinajstić information content (AvgIpc) is 3.20. The van der Waals surface area contributed by atoms with Gasteiger partial charge in [-0.15, -0.1) is 11.3 Å². The van der Waals surface area contributed by atoms with Gasteiger partial charge in [-0.3, -0.25) is 4.79 Å². The standard InChI is InChI=1S/C19H15N3OS2/c23-18-17-12-5-3-7-14(12)25-19(17)22-15(21-18)10-24-16-9-8-11-4-1-2-6-13(11)20-16/h1-2,4,6,8-9H,3,5,7,10H2,(H,21,22,23). The number of aromatic amines is 1. The third kappa shape index (κ3) is 2.65. The zero-order valence-electron chi connectivity index (χ0n) is 13.4. The number of rotatable bonds is 3. The monoisotopic (exact) mass is 365 g/mol. The lowest BCUT2D eigenvalue weighted by Gasteiger charge is -2.03. The molecule has 0 aliphatic heterocycles. The Morgan fingerprint density at radius 3 is 3.00 bits per heavy atom. The summed E-state index contributed by atoms with van der Waals surface area (Å²) in [4.78, 5) is 27.0. The van der Waals surface area contributed by atoms with Crippen molar-refractivity contribution in [3.63, 3.8) is 0 Å². The summed E-state index contributed by atoms with van der Waals surface area (Å²) in [6, 6.07) is 12.2. The predicted molar refractivity (Wildman–Crippen MR) is 104 cm³/mol. The summed E-state index contributed by atoms with van der Waals surface area (Å²) >= 11 is 3.28. The maximum atomic E-state index is 12.5. The first kappa shape index (κ1) is 15.1. The van der Waals surface area contributed by atoms with Crippen LogP contribution in [0.15, 0.2) is 46.2 Å². The first-order chi connectivity index (χ1) is 12.3. The molecule has 4 aromatic rings. The highest BCUT2D eigenvalue weighted by molar-refractivity contribution is 7.98. The Morgan fingerprint density at radius 2 is 2.04 bits per heavy atom. The number of hydrogen-bond acceptors (Lipinski definition) is 5. The lowest BCUT2D eigenvalue weighted by molar-refractivity contribution is 0.916. The van der Waals surface area contributed by atoms with E-state index in [-0.39, 0.29) is 5.56 Å². The summed E-state index contributed by atoms with van der Waals surface area (Å²) in [5, 5.41) is 2.89. The van der Waals surface area contributed by atoms with Crippen LogP contribution in [0, 0.1) is 0 Å². The molecule has 0 amide bonds.